The summed E-state index contributed by atoms with van der Waals surface area (Å²) in [5.74, 6) is -2.49. The molecule has 158 valence electrons. The third-order valence-corrected chi connectivity index (χ3v) is 5.74. The summed E-state index contributed by atoms with van der Waals surface area (Å²) < 4.78 is 30.8. The highest BCUT2D eigenvalue weighted by atomic mass is 35.5. The third-order valence-electron chi connectivity index (χ3n) is 5.36. The van der Waals surface area contributed by atoms with Gasteiger partial charge in [-0.3, -0.25) is 4.79 Å². The number of nitrogens with zero attached hydrogens (tertiary/aromatic N) is 2. The lowest BCUT2D eigenvalue weighted by Gasteiger charge is -2.18. The van der Waals surface area contributed by atoms with Crippen molar-refractivity contribution in [2.24, 2.45) is 0 Å². The molecule has 1 amide bonds. The number of phenolic OH excluding ortho intramolecular Hbond substituents is 1. The smallest absolute Gasteiger partial charge is 0.259 e. The second-order valence-electron chi connectivity index (χ2n) is 7.27. The van der Waals surface area contributed by atoms with E-state index in [4.69, 9.17) is 11.6 Å². The van der Waals surface area contributed by atoms with E-state index in [1.807, 2.05) is 4.57 Å². The highest BCUT2D eigenvalue weighted by Gasteiger charge is 2.25. The molecule has 9 heteroatoms. The number of imidazole rings is 1. The molecular weight excluding hydrogens is 416 g/mol. The van der Waals surface area contributed by atoms with Crippen molar-refractivity contribution in [1.29, 1.82) is 0 Å². The minimum Gasteiger partial charge on any atom is -0.507 e. The van der Waals surface area contributed by atoms with Gasteiger partial charge in [-0.1, -0.05) is 11.6 Å². The van der Waals surface area contributed by atoms with E-state index in [0.29, 0.717) is 30.9 Å². The van der Waals surface area contributed by atoms with Gasteiger partial charge >= 0.3 is 0 Å². The Kier molecular flexibility index (Phi) is 5.62. The maximum Gasteiger partial charge on any atom is 0.259 e. The molecule has 1 aromatic carbocycles. The molecule has 1 aliphatic heterocycles. The van der Waals surface area contributed by atoms with Crippen LogP contribution in [0.15, 0.2) is 34.8 Å². The van der Waals surface area contributed by atoms with Crippen LogP contribution in [0.4, 0.5) is 8.78 Å². The first-order valence-corrected chi connectivity index (χ1v) is 10.1. The minimum atomic E-state index is -0.877. The quantitative estimate of drug-likeness (QED) is 0.676. The first-order valence-electron chi connectivity index (χ1n) is 9.68. The summed E-state index contributed by atoms with van der Waals surface area (Å²) >= 11 is 5.98. The predicted octanol–water partition coefficient (Wildman–Crippen LogP) is 4.05. The van der Waals surface area contributed by atoms with E-state index in [1.165, 1.54) is 6.08 Å². The van der Waals surface area contributed by atoms with Gasteiger partial charge in [-0.2, -0.15) is 0 Å². The standard InChI is InChI=1S/C21H20ClF2N3O3/c22-13-4-3-5-14(23)19(13)26-21(30)12-8-15(24)11(9-18(12)29)20-25-16(10-28)17-6-1-2-7-27(17)20/h5,8-9,28-29H,1-4,6-7,10H2,(H,26,30). The molecule has 0 saturated heterocycles. The Balaban J connectivity index is 1.69. The van der Waals surface area contributed by atoms with Gasteiger partial charge in [-0.05, 0) is 50.3 Å². The second kappa shape index (κ2) is 8.20. The number of phenols is 1. The van der Waals surface area contributed by atoms with Crippen LogP contribution in [0.1, 0.15) is 47.4 Å². The van der Waals surface area contributed by atoms with Gasteiger partial charge in [0.15, 0.2) is 0 Å². The number of allylic oxidation sites excluding steroid dienone is 3. The Bertz CT molecular complexity index is 1090. The number of aromatic hydroxyl groups is 1. The number of hydrogen-bond acceptors (Lipinski definition) is 4. The van der Waals surface area contributed by atoms with Crippen molar-refractivity contribution in [1.82, 2.24) is 14.9 Å². The van der Waals surface area contributed by atoms with Crippen LogP contribution in [0.3, 0.4) is 0 Å². The molecule has 30 heavy (non-hydrogen) atoms. The van der Waals surface area contributed by atoms with Gasteiger partial charge in [-0.15, -0.1) is 0 Å². The van der Waals surface area contributed by atoms with Crippen LogP contribution in [-0.4, -0.2) is 25.7 Å². The first-order chi connectivity index (χ1) is 14.4. The molecule has 1 aromatic heterocycles. The fourth-order valence-corrected chi connectivity index (χ4v) is 4.10. The molecule has 0 radical (unpaired) electrons. The number of amides is 1. The Hall–Kier alpha value is -2.71. The van der Waals surface area contributed by atoms with E-state index in [0.717, 1.165) is 37.1 Å². The average molecular weight is 436 g/mol. The van der Waals surface area contributed by atoms with E-state index in [2.05, 4.69) is 10.3 Å². The van der Waals surface area contributed by atoms with Crippen molar-refractivity contribution >= 4 is 17.5 Å². The van der Waals surface area contributed by atoms with E-state index in [9.17, 15) is 23.8 Å². The Morgan fingerprint density at radius 2 is 2.07 bits per heavy atom. The number of carbonyl (C=O) groups is 1. The number of rotatable bonds is 4. The molecular formula is C21H20ClF2N3O3. The van der Waals surface area contributed by atoms with E-state index in [1.54, 1.807) is 0 Å². The highest BCUT2D eigenvalue weighted by molar-refractivity contribution is 6.30. The molecule has 4 rings (SSSR count). The van der Waals surface area contributed by atoms with Crippen molar-refractivity contribution in [2.45, 2.75) is 45.3 Å². The number of aromatic nitrogens is 2. The molecule has 0 unspecified atom stereocenters. The maximum atomic E-state index is 15.0. The van der Waals surface area contributed by atoms with Gasteiger partial charge < -0.3 is 20.1 Å². The van der Waals surface area contributed by atoms with Crippen LogP contribution in [-0.2, 0) is 19.6 Å². The van der Waals surface area contributed by atoms with E-state index in [-0.39, 0.29) is 28.5 Å². The molecule has 0 saturated carbocycles. The SMILES string of the molecule is O=C(NC1=C(Cl)CCC=C1F)c1cc(F)c(-c2nc(CO)c3n2CCCC3)cc1O. The third kappa shape index (κ3) is 3.61. The number of aliphatic hydroxyl groups excluding tert-OH is 1. The zero-order valence-electron chi connectivity index (χ0n) is 16.0. The number of fused-ring (bicyclic) bond motifs is 1. The van der Waals surface area contributed by atoms with Gasteiger partial charge in [0.05, 0.1) is 29.1 Å². The summed E-state index contributed by atoms with van der Waals surface area (Å²) in [6, 6.07) is 2.01. The lowest BCUT2D eigenvalue weighted by atomic mass is 10.1. The number of halogens is 3. The zero-order valence-corrected chi connectivity index (χ0v) is 16.8. The van der Waals surface area contributed by atoms with Crippen molar-refractivity contribution in [3.63, 3.8) is 0 Å². The molecule has 3 N–H and O–H groups in total. The molecule has 6 nitrogen and oxygen atoms in total. The molecule has 0 atom stereocenters. The summed E-state index contributed by atoms with van der Waals surface area (Å²) in [6.07, 6.45) is 4.67. The molecule has 1 aliphatic carbocycles. The molecule has 0 spiro atoms. The number of nitrogens with one attached hydrogen (secondary N) is 1. The zero-order chi connectivity index (χ0) is 21.4. The van der Waals surface area contributed by atoms with Crippen LogP contribution in [0.5, 0.6) is 5.75 Å². The van der Waals surface area contributed by atoms with Crippen LogP contribution < -0.4 is 5.32 Å². The fourth-order valence-electron chi connectivity index (χ4n) is 3.86. The summed E-state index contributed by atoms with van der Waals surface area (Å²) in [4.78, 5) is 16.9. The number of benzene rings is 1. The normalized spacial score (nSPS) is 16.3. The van der Waals surface area contributed by atoms with Crippen LogP contribution in [0, 0.1) is 5.82 Å². The molecule has 0 bridgehead atoms. The largest absolute Gasteiger partial charge is 0.507 e. The molecule has 0 fully saturated rings. The topological polar surface area (TPSA) is 87.4 Å². The van der Waals surface area contributed by atoms with Gasteiger partial charge in [0, 0.05) is 17.3 Å². The second-order valence-corrected chi connectivity index (χ2v) is 7.73. The van der Waals surface area contributed by atoms with Gasteiger partial charge in [0.1, 0.15) is 23.2 Å². The predicted molar refractivity (Wildman–Crippen MR) is 107 cm³/mol. The fraction of sp³-hybridized carbons (Fsp3) is 0.333. The van der Waals surface area contributed by atoms with Crippen molar-refractivity contribution in [3.8, 4) is 17.1 Å². The van der Waals surface area contributed by atoms with Crippen LogP contribution >= 0.6 is 11.6 Å². The number of carbonyl (C=O) groups excluding carboxylic acids is 1. The lowest BCUT2D eigenvalue weighted by molar-refractivity contribution is 0.0961. The lowest BCUT2D eigenvalue weighted by Crippen LogP contribution is -2.25. The average Bonchev–Trinajstić information content (AvgIpc) is 3.11. The Morgan fingerprint density at radius 3 is 2.80 bits per heavy atom. The summed E-state index contributed by atoms with van der Waals surface area (Å²) in [5, 5.41) is 22.4. The van der Waals surface area contributed by atoms with Crippen molar-refractivity contribution in [2.75, 3.05) is 0 Å². The number of hydrogen-bond donors (Lipinski definition) is 3. The monoisotopic (exact) mass is 435 g/mol. The molecule has 2 aliphatic rings. The summed E-state index contributed by atoms with van der Waals surface area (Å²) in [7, 11) is 0. The van der Waals surface area contributed by atoms with Crippen molar-refractivity contribution in [3.05, 3.63) is 57.5 Å². The Morgan fingerprint density at radius 1 is 1.27 bits per heavy atom. The molecule has 2 aromatic rings. The van der Waals surface area contributed by atoms with Crippen molar-refractivity contribution < 1.29 is 23.8 Å². The number of aliphatic hydroxyl groups is 1. The first kappa shape index (κ1) is 20.6. The van der Waals surface area contributed by atoms with Gasteiger partial charge in [-0.25, -0.2) is 13.8 Å². The minimum absolute atomic E-state index is 0.0212. The van der Waals surface area contributed by atoms with Gasteiger partial charge in [0.25, 0.3) is 5.91 Å². The summed E-state index contributed by atoms with van der Waals surface area (Å²) in [5.41, 5.74) is 0.825. The van der Waals surface area contributed by atoms with Crippen LogP contribution in [0.25, 0.3) is 11.4 Å². The summed E-state index contributed by atoms with van der Waals surface area (Å²) in [6.45, 7) is 0.358. The Labute approximate surface area is 176 Å². The van der Waals surface area contributed by atoms with E-state index >= 15 is 0 Å². The highest BCUT2D eigenvalue weighted by Crippen LogP contribution is 2.34. The van der Waals surface area contributed by atoms with E-state index < -0.39 is 23.3 Å². The van der Waals surface area contributed by atoms with Gasteiger partial charge in [0.2, 0.25) is 0 Å². The maximum absolute atomic E-state index is 15.0. The molecule has 2 heterocycles. The van der Waals surface area contributed by atoms with Crippen LogP contribution in [0.2, 0.25) is 0 Å².